The number of aliphatic carboxylic acids is 1. The van der Waals surface area contributed by atoms with Crippen molar-refractivity contribution in [1.29, 1.82) is 0 Å². The van der Waals surface area contributed by atoms with Gasteiger partial charge < -0.3 is 20.3 Å². The Kier molecular flexibility index (Phi) is 6.11. The van der Waals surface area contributed by atoms with Crippen LogP contribution in [-0.2, 0) is 9.59 Å². The van der Waals surface area contributed by atoms with Crippen molar-refractivity contribution in [3.05, 3.63) is 29.3 Å². The van der Waals surface area contributed by atoms with Crippen molar-refractivity contribution in [1.82, 2.24) is 5.32 Å². The van der Waals surface area contributed by atoms with Crippen LogP contribution < -0.4 is 10.1 Å². The molecule has 1 aromatic rings. The van der Waals surface area contributed by atoms with Crippen LogP contribution >= 0.6 is 11.6 Å². The lowest BCUT2D eigenvalue weighted by Crippen LogP contribution is -2.43. The molecular formula is C12H14ClNO5. The number of hydrogen-bond donors (Lipinski definition) is 3. The number of carbonyl (C=O) groups excluding carboxylic acids is 1. The van der Waals surface area contributed by atoms with Gasteiger partial charge in [0.05, 0.1) is 0 Å². The van der Waals surface area contributed by atoms with Gasteiger partial charge in [-0.2, -0.15) is 0 Å². The van der Waals surface area contributed by atoms with E-state index in [-0.39, 0.29) is 19.6 Å². The Labute approximate surface area is 114 Å². The molecule has 7 heteroatoms. The van der Waals surface area contributed by atoms with Gasteiger partial charge in [0.15, 0.2) is 6.61 Å². The molecule has 0 aromatic heterocycles. The van der Waals surface area contributed by atoms with Crippen LogP contribution in [0.4, 0.5) is 0 Å². The zero-order valence-corrected chi connectivity index (χ0v) is 10.8. The van der Waals surface area contributed by atoms with E-state index in [4.69, 9.17) is 26.6 Å². The molecule has 0 aliphatic heterocycles. The van der Waals surface area contributed by atoms with E-state index in [0.717, 1.165) is 0 Å². The highest BCUT2D eigenvalue weighted by Gasteiger charge is 2.19. The smallest absolute Gasteiger partial charge is 0.326 e. The molecule has 1 amide bonds. The van der Waals surface area contributed by atoms with Crippen molar-refractivity contribution < 1.29 is 24.5 Å². The lowest BCUT2D eigenvalue weighted by Gasteiger charge is -2.13. The first-order valence-corrected chi connectivity index (χ1v) is 5.92. The number of carboxylic acids is 1. The van der Waals surface area contributed by atoms with Crippen LogP contribution in [0, 0.1) is 0 Å². The molecule has 0 saturated carbocycles. The summed E-state index contributed by atoms with van der Waals surface area (Å²) in [6.07, 6.45) is -0.0536. The number of benzene rings is 1. The normalized spacial score (nSPS) is 11.7. The summed E-state index contributed by atoms with van der Waals surface area (Å²) in [5.74, 6) is -1.32. The third-order valence-corrected chi connectivity index (χ3v) is 2.49. The first-order valence-electron chi connectivity index (χ1n) is 5.54. The number of ether oxygens (including phenoxy) is 1. The summed E-state index contributed by atoms with van der Waals surface area (Å²) >= 11 is 5.69. The quantitative estimate of drug-likeness (QED) is 0.685. The van der Waals surface area contributed by atoms with Crippen LogP contribution in [0.15, 0.2) is 24.3 Å². The molecule has 3 N–H and O–H groups in total. The van der Waals surface area contributed by atoms with Crippen molar-refractivity contribution in [2.45, 2.75) is 12.5 Å². The summed E-state index contributed by atoms with van der Waals surface area (Å²) in [5.41, 5.74) is 0. The Hall–Kier alpha value is -1.79. The molecule has 0 bridgehead atoms. The van der Waals surface area contributed by atoms with Crippen molar-refractivity contribution in [2.24, 2.45) is 0 Å². The maximum absolute atomic E-state index is 11.5. The van der Waals surface area contributed by atoms with Crippen molar-refractivity contribution >= 4 is 23.5 Å². The molecule has 104 valence electrons. The number of rotatable bonds is 7. The number of aliphatic hydroxyl groups excluding tert-OH is 1. The monoisotopic (exact) mass is 287 g/mol. The molecule has 0 radical (unpaired) electrons. The first kappa shape index (κ1) is 15.3. The molecule has 0 aliphatic rings. The Bertz CT molecular complexity index is 434. The van der Waals surface area contributed by atoms with Crippen LogP contribution in [0.5, 0.6) is 5.75 Å². The van der Waals surface area contributed by atoms with Crippen LogP contribution in [0.2, 0.25) is 5.02 Å². The minimum Gasteiger partial charge on any atom is -0.484 e. The molecule has 6 nitrogen and oxygen atoms in total. The van der Waals surface area contributed by atoms with Gasteiger partial charge in [0, 0.05) is 18.1 Å². The molecule has 1 aromatic carbocycles. The van der Waals surface area contributed by atoms with Gasteiger partial charge >= 0.3 is 5.97 Å². The minimum absolute atomic E-state index is 0.0536. The van der Waals surface area contributed by atoms with Gasteiger partial charge in [-0.1, -0.05) is 11.6 Å². The molecule has 0 heterocycles. The molecule has 19 heavy (non-hydrogen) atoms. The SMILES string of the molecule is O=C(COc1ccc(Cl)cc1)NC(CCO)C(=O)O. The summed E-state index contributed by atoms with van der Waals surface area (Å²) in [4.78, 5) is 22.2. The van der Waals surface area contributed by atoms with Crippen LogP contribution in [0.1, 0.15) is 6.42 Å². The van der Waals surface area contributed by atoms with Gasteiger partial charge in [0.1, 0.15) is 11.8 Å². The van der Waals surface area contributed by atoms with Crippen LogP contribution in [0.25, 0.3) is 0 Å². The average Bonchev–Trinajstić information content (AvgIpc) is 2.37. The van der Waals surface area contributed by atoms with Crippen LogP contribution in [-0.4, -0.2) is 41.3 Å². The first-order chi connectivity index (χ1) is 9.02. The van der Waals surface area contributed by atoms with E-state index < -0.39 is 17.9 Å². The van der Waals surface area contributed by atoms with E-state index in [9.17, 15) is 9.59 Å². The molecule has 1 rings (SSSR count). The number of carboxylic acid groups (broad SMARTS) is 1. The zero-order chi connectivity index (χ0) is 14.3. The molecule has 0 saturated heterocycles. The van der Waals surface area contributed by atoms with Crippen molar-refractivity contribution in [3.8, 4) is 5.75 Å². The summed E-state index contributed by atoms with van der Waals surface area (Å²) in [7, 11) is 0. The highest BCUT2D eigenvalue weighted by molar-refractivity contribution is 6.30. The van der Waals surface area contributed by atoms with Gasteiger partial charge in [-0.3, -0.25) is 4.79 Å². The van der Waals surface area contributed by atoms with E-state index in [0.29, 0.717) is 10.8 Å². The average molecular weight is 288 g/mol. The van der Waals surface area contributed by atoms with Crippen molar-refractivity contribution in [3.63, 3.8) is 0 Å². The zero-order valence-electron chi connectivity index (χ0n) is 10.0. The Morgan fingerprint density at radius 2 is 1.95 bits per heavy atom. The van der Waals surface area contributed by atoms with Gasteiger partial charge in [-0.25, -0.2) is 4.79 Å². The van der Waals surface area contributed by atoms with Gasteiger partial charge in [0.2, 0.25) is 0 Å². The largest absolute Gasteiger partial charge is 0.484 e. The molecule has 0 fully saturated rings. The lowest BCUT2D eigenvalue weighted by molar-refractivity contribution is -0.142. The van der Waals surface area contributed by atoms with Gasteiger partial charge in [0.25, 0.3) is 5.91 Å². The lowest BCUT2D eigenvalue weighted by atomic mass is 10.2. The number of carbonyl (C=O) groups is 2. The van der Waals surface area contributed by atoms with Gasteiger partial charge in [-0.05, 0) is 24.3 Å². The van der Waals surface area contributed by atoms with E-state index in [1.807, 2.05) is 0 Å². The fourth-order valence-corrected chi connectivity index (χ4v) is 1.43. The number of hydrogen-bond acceptors (Lipinski definition) is 4. The fraction of sp³-hybridized carbons (Fsp3) is 0.333. The summed E-state index contributed by atoms with van der Waals surface area (Å²) < 4.78 is 5.16. The predicted molar refractivity (Wildman–Crippen MR) is 68.2 cm³/mol. The summed E-state index contributed by atoms with van der Waals surface area (Å²) in [6, 6.07) is 5.29. The highest BCUT2D eigenvalue weighted by atomic mass is 35.5. The number of amides is 1. The second kappa shape index (κ2) is 7.60. The standard InChI is InChI=1S/C12H14ClNO5/c13-8-1-3-9(4-2-8)19-7-11(16)14-10(5-6-15)12(17)18/h1-4,10,15H,5-7H2,(H,14,16)(H,17,18). The third kappa shape index (κ3) is 5.58. The van der Waals surface area contributed by atoms with E-state index in [2.05, 4.69) is 5.32 Å². The Morgan fingerprint density at radius 1 is 1.32 bits per heavy atom. The number of aliphatic hydroxyl groups is 1. The Balaban J connectivity index is 2.42. The second-order valence-electron chi connectivity index (χ2n) is 3.71. The van der Waals surface area contributed by atoms with Crippen LogP contribution in [0.3, 0.4) is 0 Å². The highest BCUT2D eigenvalue weighted by Crippen LogP contribution is 2.15. The maximum Gasteiger partial charge on any atom is 0.326 e. The fourth-order valence-electron chi connectivity index (χ4n) is 1.30. The van der Waals surface area contributed by atoms with E-state index >= 15 is 0 Å². The van der Waals surface area contributed by atoms with Gasteiger partial charge in [-0.15, -0.1) is 0 Å². The summed E-state index contributed by atoms with van der Waals surface area (Å²) in [5, 5.41) is 20.3. The predicted octanol–water partition coefficient (Wildman–Crippen LogP) is 0.671. The molecule has 0 spiro atoms. The summed E-state index contributed by atoms with van der Waals surface area (Å²) in [6.45, 7) is -0.633. The van der Waals surface area contributed by atoms with E-state index in [1.165, 1.54) is 0 Å². The Morgan fingerprint density at radius 3 is 2.47 bits per heavy atom. The number of nitrogens with one attached hydrogen (secondary N) is 1. The second-order valence-corrected chi connectivity index (χ2v) is 4.15. The molecule has 1 atom stereocenters. The van der Waals surface area contributed by atoms with Crippen molar-refractivity contribution in [2.75, 3.05) is 13.2 Å². The third-order valence-electron chi connectivity index (χ3n) is 2.23. The minimum atomic E-state index is -1.20. The van der Waals surface area contributed by atoms with E-state index in [1.54, 1.807) is 24.3 Å². The molecule has 0 aliphatic carbocycles. The molecular weight excluding hydrogens is 274 g/mol. The topological polar surface area (TPSA) is 95.9 Å². The number of halogens is 1. The maximum atomic E-state index is 11.5. The molecule has 1 unspecified atom stereocenters.